The van der Waals surface area contributed by atoms with Crippen LogP contribution >= 0.6 is 15.9 Å². The van der Waals surface area contributed by atoms with Crippen LogP contribution in [0.1, 0.15) is 5.56 Å². The van der Waals surface area contributed by atoms with Crippen molar-refractivity contribution in [1.82, 2.24) is 9.97 Å². The first-order valence-corrected chi connectivity index (χ1v) is 6.55. The Morgan fingerprint density at radius 1 is 1.26 bits per heavy atom. The van der Waals surface area contributed by atoms with Crippen molar-refractivity contribution < 1.29 is 4.39 Å². The van der Waals surface area contributed by atoms with E-state index in [0.717, 1.165) is 11.1 Å². The van der Waals surface area contributed by atoms with E-state index in [2.05, 4.69) is 25.9 Å². The molecule has 2 aromatic carbocycles. The normalized spacial score (nSPS) is 11.1. The third-order valence-corrected chi connectivity index (χ3v) is 3.60. The molecule has 3 N–H and O–H groups in total. The molecule has 1 heterocycles. The van der Waals surface area contributed by atoms with E-state index >= 15 is 0 Å². The van der Waals surface area contributed by atoms with Crippen LogP contribution in [0.3, 0.4) is 0 Å². The van der Waals surface area contributed by atoms with Gasteiger partial charge in [0.2, 0.25) is 0 Å². The quantitative estimate of drug-likeness (QED) is 0.665. The molecule has 0 saturated heterocycles. The lowest BCUT2D eigenvalue weighted by atomic mass is 10.1. The molecule has 3 rings (SSSR count). The summed E-state index contributed by atoms with van der Waals surface area (Å²) in [6, 6.07) is 8.81. The fourth-order valence-electron chi connectivity index (χ4n) is 2.01. The molecule has 0 fully saturated rings. The zero-order chi connectivity index (χ0) is 13.6. The van der Waals surface area contributed by atoms with Gasteiger partial charge in [0.25, 0.3) is 0 Å². The van der Waals surface area contributed by atoms with Gasteiger partial charge in [-0.3, -0.25) is 0 Å². The Bertz CT molecular complexity index is 741. The number of nitrogen functional groups attached to an aromatic ring is 1. The topological polar surface area (TPSA) is 54.7 Å². The Morgan fingerprint density at radius 3 is 2.84 bits per heavy atom. The van der Waals surface area contributed by atoms with Crippen molar-refractivity contribution in [2.24, 2.45) is 0 Å². The summed E-state index contributed by atoms with van der Waals surface area (Å²) in [4.78, 5) is 7.55. The molecular formula is C14H11BrFN3. The summed E-state index contributed by atoms with van der Waals surface area (Å²) in [5, 5.41) is 0. The number of nitrogens with two attached hydrogens (primary N) is 1. The number of fused-ring (bicyclic) bond motifs is 1. The fraction of sp³-hybridized carbons (Fsp3) is 0.0714. The number of aromatic nitrogens is 2. The molecule has 0 saturated carbocycles. The van der Waals surface area contributed by atoms with Crippen molar-refractivity contribution in [3.05, 3.63) is 46.2 Å². The SMILES string of the molecule is Cc1ccc(N)c(-c2nc3cc(Br)c(F)cc3[nH]2)c1. The first-order valence-electron chi connectivity index (χ1n) is 5.76. The molecule has 1 aromatic heterocycles. The number of imidazole rings is 1. The standard InChI is InChI=1S/C14H11BrFN3/c1-7-2-3-11(17)8(4-7)14-18-12-5-9(15)10(16)6-13(12)19-14/h2-6H,17H2,1H3,(H,18,19). The summed E-state index contributed by atoms with van der Waals surface area (Å²) >= 11 is 3.15. The highest BCUT2D eigenvalue weighted by atomic mass is 79.9. The number of H-pyrrole nitrogens is 1. The molecule has 0 aliphatic rings. The number of anilines is 1. The molecule has 0 bridgehead atoms. The molecule has 0 aliphatic carbocycles. The van der Waals surface area contributed by atoms with Crippen LogP contribution in [-0.4, -0.2) is 9.97 Å². The van der Waals surface area contributed by atoms with Crippen LogP contribution in [0.25, 0.3) is 22.4 Å². The smallest absolute Gasteiger partial charge is 0.140 e. The van der Waals surface area contributed by atoms with Gasteiger partial charge in [0.1, 0.15) is 11.6 Å². The largest absolute Gasteiger partial charge is 0.398 e. The van der Waals surface area contributed by atoms with Crippen LogP contribution < -0.4 is 5.73 Å². The van der Waals surface area contributed by atoms with E-state index in [1.165, 1.54) is 6.07 Å². The molecule has 5 heteroatoms. The van der Waals surface area contributed by atoms with Gasteiger partial charge in [0.05, 0.1) is 15.5 Å². The van der Waals surface area contributed by atoms with Crippen molar-refractivity contribution in [2.75, 3.05) is 5.73 Å². The summed E-state index contributed by atoms with van der Waals surface area (Å²) in [5.41, 5.74) is 9.87. The first-order chi connectivity index (χ1) is 9.04. The van der Waals surface area contributed by atoms with Gasteiger partial charge in [-0.2, -0.15) is 0 Å². The van der Waals surface area contributed by atoms with Gasteiger partial charge in [-0.15, -0.1) is 0 Å². The third-order valence-electron chi connectivity index (χ3n) is 2.99. The molecule has 0 atom stereocenters. The molecule has 19 heavy (non-hydrogen) atoms. The number of aryl methyl sites for hydroxylation is 1. The van der Waals surface area contributed by atoms with Gasteiger partial charge in [-0.1, -0.05) is 11.6 Å². The van der Waals surface area contributed by atoms with Crippen LogP contribution in [0.15, 0.2) is 34.8 Å². The molecule has 0 unspecified atom stereocenters. The zero-order valence-electron chi connectivity index (χ0n) is 10.2. The van der Waals surface area contributed by atoms with E-state index in [-0.39, 0.29) is 5.82 Å². The number of benzene rings is 2. The Balaban J connectivity index is 2.23. The molecule has 0 radical (unpaired) electrons. The van der Waals surface area contributed by atoms with Crippen molar-refractivity contribution in [1.29, 1.82) is 0 Å². The van der Waals surface area contributed by atoms with Gasteiger partial charge in [0.15, 0.2) is 0 Å². The molecule has 0 spiro atoms. The number of nitrogens with one attached hydrogen (secondary N) is 1. The number of nitrogens with zero attached hydrogens (tertiary/aromatic N) is 1. The highest BCUT2D eigenvalue weighted by molar-refractivity contribution is 9.10. The Kier molecular flexibility index (Phi) is 2.78. The maximum absolute atomic E-state index is 13.5. The predicted octanol–water partition coefficient (Wildman–Crippen LogP) is 4.02. The van der Waals surface area contributed by atoms with E-state index in [9.17, 15) is 4.39 Å². The minimum atomic E-state index is -0.320. The van der Waals surface area contributed by atoms with E-state index in [0.29, 0.717) is 27.0 Å². The lowest BCUT2D eigenvalue weighted by molar-refractivity contribution is 0.623. The van der Waals surface area contributed by atoms with Gasteiger partial charge in [-0.25, -0.2) is 9.37 Å². The van der Waals surface area contributed by atoms with Gasteiger partial charge < -0.3 is 10.7 Å². The van der Waals surface area contributed by atoms with Crippen LogP contribution in [0.2, 0.25) is 0 Å². The predicted molar refractivity (Wildman–Crippen MR) is 78.3 cm³/mol. The number of hydrogen-bond donors (Lipinski definition) is 2. The molecule has 3 aromatic rings. The molecule has 3 nitrogen and oxygen atoms in total. The van der Waals surface area contributed by atoms with Crippen LogP contribution in [-0.2, 0) is 0 Å². The summed E-state index contributed by atoms with van der Waals surface area (Å²) in [6.07, 6.45) is 0. The van der Waals surface area contributed by atoms with Crippen LogP contribution in [0.4, 0.5) is 10.1 Å². The van der Waals surface area contributed by atoms with Gasteiger partial charge in [0, 0.05) is 17.3 Å². The Morgan fingerprint density at radius 2 is 2.05 bits per heavy atom. The Labute approximate surface area is 117 Å². The maximum atomic E-state index is 13.5. The lowest BCUT2D eigenvalue weighted by Gasteiger charge is -2.03. The van der Waals surface area contributed by atoms with Crippen LogP contribution in [0.5, 0.6) is 0 Å². The number of rotatable bonds is 1. The van der Waals surface area contributed by atoms with Crippen molar-refractivity contribution in [3.8, 4) is 11.4 Å². The average Bonchev–Trinajstić information content (AvgIpc) is 2.75. The van der Waals surface area contributed by atoms with Crippen molar-refractivity contribution in [3.63, 3.8) is 0 Å². The average molecular weight is 320 g/mol. The highest BCUT2D eigenvalue weighted by Crippen LogP contribution is 2.28. The second kappa shape index (κ2) is 4.35. The van der Waals surface area contributed by atoms with Crippen LogP contribution in [0, 0.1) is 12.7 Å². The first kappa shape index (κ1) is 12.2. The second-order valence-corrected chi connectivity index (χ2v) is 5.31. The second-order valence-electron chi connectivity index (χ2n) is 4.46. The summed E-state index contributed by atoms with van der Waals surface area (Å²) in [7, 11) is 0. The molecular weight excluding hydrogens is 309 g/mol. The van der Waals surface area contributed by atoms with Gasteiger partial charge in [-0.05, 0) is 41.1 Å². The number of hydrogen-bond acceptors (Lipinski definition) is 2. The minimum Gasteiger partial charge on any atom is -0.398 e. The van der Waals surface area contributed by atoms with E-state index in [1.54, 1.807) is 6.07 Å². The molecule has 0 amide bonds. The fourth-order valence-corrected chi connectivity index (χ4v) is 2.34. The van der Waals surface area contributed by atoms with E-state index < -0.39 is 0 Å². The molecule has 0 aliphatic heterocycles. The number of halogens is 2. The molecule has 96 valence electrons. The Hall–Kier alpha value is -1.88. The van der Waals surface area contributed by atoms with Crippen molar-refractivity contribution >= 4 is 32.7 Å². The van der Waals surface area contributed by atoms with E-state index in [4.69, 9.17) is 5.73 Å². The van der Waals surface area contributed by atoms with Crippen molar-refractivity contribution in [2.45, 2.75) is 6.92 Å². The monoisotopic (exact) mass is 319 g/mol. The summed E-state index contributed by atoms with van der Waals surface area (Å²) in [6.45, 7) is 1.99. The lowest BCUT2D eigenvalue weighted by Crippen LogP contribution is -1.91. The summed E-state index contributed by atoms with van der Waals surface area (Å²) < 4.78 is 13.9. The zero-order valence-corrected chi connectivity index (χ0v) is 11.8. The summed E-state index contributed by atoms with van der Waals surface area (Å²) in [5.74, 6) is 0.327. The number of aromatic amines is 1. The minimum absolute atomic E-state index is 0.320. The van der Waals surface area contributed by atoms with E-state index in [1.807, 2.05) is 25.1 Å². The highest BCUT2D eigenvalue weighted by Gasteiger charge is 2.11. The maximum Gasteiger partial charge on any atom is 0.140 e. The third kappa shape index (κ3) is 2.10. The van der Waals surface area contributed by atoms with Gasteiger partial charge >= 0.3 is 0 Å².